The summed E-state index contributed by atoms with van der Waals surface area (Å²) in [6.07, 6.45) is 1.30. The molecule has 7 heteroatoms. The first-order valence-electron chi connectivity index (χ1n) is 11.2. The third kappa shape index (κ3) is 7.31. The molecule has 0 unspecified atom stereocenters. The number of nitrogens with zero attached hydrogens (tertiary/aromatic N) is 1. The molecule has 1 atom stereocenters. The maximum absolute atomic E-state index is 13.5. The van der Waals surface area contributed by atoms with Gasteiger partial charge in [0.05, 0.1) is 0 Å². The number of carbonyl (C=O) groups is 2. The van der Waals surface area contributed by atoms with E-state index in [4.69, 9.17) is 23.2 Å². The zero-order valence-electron chi connectivity index (χ0n) is 18.9. The van der Waals surface area contributed by atoms with E-state index in [2.05, 4.69) is 5.32 Å². The minimum absolute atomic E-state index is 0.132. The standard InChI is InChI=1S/C27H27Cl2FN2O2/c1-2-6-26(33)32(18-20-9-13-23(30)14-10-20)25(15-19-7-4-3-5-8-19)27(34)31-17-21-11-12-22(28)16-24(21)29/h3-5,7-14,16,25H,2,6,15,17-18H2,1H3,(H,31,34)/t25-/m0/s1. The maximum Gasteiger partial charge on any atom is 0.243 e. The molecule has 0 fully saturated rings. The zero-order chi connectivity index (χ0) is 24.5. The van der Waals surface area contributed by atoms with Crippen LogP contribution in [0.3, 0.4) is 0 Å². The molecule has 0 saturated carbocycles. The number of hydrogen-bond donors (Lipinski definition) is 1. The Labute approximate surface area is 209 Å². The van der Waals surface area contributed by atoms with E-state index in [1.807, 2.05) is 37.3 Å². The summed E-state index contributed by atoms with van der Waals surface area (Å²) in [4.78, 5) is 28.2. The molecule has 0 aliphatic rings. The van der Waals surface area contributed by atoms with Crippen molar-refractivity contribution in [1.82, 2.24) is 10.2 Å². The molecule has 3 aromatic rings. The molecule has 4 nitrogen and oxygen atoms in total. The fourth-order valence-corrected chi connectivity index (χ4v) is 4.14. The van der Waals surface area contributed by atoms with Gasteiger partial charge in [-0.05, 0) is 47.4 Å². The van der Waals surface area contributed by atoms with Gasteiger partial charge in [0, 0.05) is 36.0 Å². The number of rotatable bonds is 10. The van der Waals surface area contributed by atoms with Crippen molar-refractivity contribution in [2.45, 2.75) is 45.3 Å². The topological polar surface area (TPSA) is 49.4 Å². The molecular formula is C27H27Cl2FN2O2. The van der Waals surface area contributed by atoms with Crippen LogP contribution in [-0.2, 0) is 29.1 Å². The largest absolute Gasteiger partial charge is 0.350 e. The van der Waals surface area contributed by atoms with Gasteiger partial charge in [-0.15, -0.1) is 0 Å². The minimum atomic E-state index is -0.752. The average molecular weight is 501 g/mol. The average Bonchev–Trinajstić information content (AvgIpc) is 2.82. The van der Waals surface area contributed by atoms with Gasteiger partial charge < -0.3 is 10.2 Å². The van der Waals surface area contributed by atoms with Crippen molar-refractivity contribution in [1.29, 1.82) is 0 Å². The Morgan fingerprint density at radius 3 is 2.32 bits per heavy atom. The molecule has 0 heterocycles. The minimum Gasteiger partial charge on any atom is -0.350 e. The van der Waals surface area contributed by atoms with Crippen LogP contribution in [-0.4, -0.2) is 22.8 Å². The number of carbonyl (C=O) groups excluding carboxylic acids is 2. The van der Waals surface area contributed by atoms with Crippen LogP contribution in [0.2, 0.25) is 10.0 Å². The molecule has 0 spiro atoms. The highest BCUT2D eigenvalue weighted by Gasteiger charge is 2.30. The first-order chi connectivity index (χ1) is 16.4. The lowest BCUT2D eigenvalue weighted by molar-refractivity contribution is -0.141. The first-order valence-corrected chi connectivity index (χ1v) is 11.9. The summed E-state index contributed by atoms with van der Waals surface area (Å²) in [6.45, 7) is 2.32. The van der Waals surface area contributed by atoms with Gasteiger partial charge in [-0.3, -0.25) is 9.59 Å². The number of amides is 2. The summed E-state index contributed by atoms with van der Waals surface area (Å²) in [5, 5.41) is 3.90. The van der Waals surface area contributed by atoms with Gasteiger partial charge in [-0.1, -0.05) is 78.7 Å². The smallest absolute Gasteiger partial charge is 0.243 e. The van der Waals surface area contributed by atoms with Crippen molar-refractivity contribution in [2.24, 2.45) is 0 Å². The van der Waals surface area contributed by atoms with Crippen LogP contribution in [0.25, 0.3) is 0 Å². The second-order valence-electron chi connectivity index (χ2n) is 8.06. The van der Waals surface area contributed by atoms with Gasteiger partial charge in [0.15, 0.2) is 0 Å². The quantitative estimate of drug-likeness (QED) is 0.360. The Kier molecular flexibility index (Phi) is 9.49. The van der Waals surface area contributed by atoms with Crippen LogP contribution in [0.5, 0.6) is 0 Å². The second-order valence-corrected chi connectivity index (χ2v) is 8.90. The summed E-state index contributed by atoms with van der Waals surface area (Å²) >= 11 is 12.2. The first kappa shape index (κ1) is 25.7. The van der Waals surface area contributed by atoms with Crippen LogP contribution < -0.4 is 5.32 Å². The van der Waals surface area contributed by atoms with E-state index in [0.717, 1.165) is 16.7 Å². The summed E-state index contributed by atoms with van der Waals surface area (Å²) in [6, 6.07) is 19.9. The van der Waals surface area contributed by atoms with Crippen molar-refractivity contribution >= 4 is 35.0 Å². The van der Waals surface area contributed by atoms with Gasteiger partial charge in [0.25, 0.3) is 0 Å². The van der Waals surface area contributed by atoms with E-state index in [1.165, 1.54) is 12.1 Å². The Hall–Kier alpha value is -2.89. The molecule has 178 valence electrons. The van der Waals surface area contributed by atoms with E-state index in [0.29, 0.717) is 29.3 Å². The third-order valence-electron chi connectivity index (χ3n) is 5.47. The Balaban J connectivity index is 1.88. The van der Waals surface area contributed by atoms with Crippen molar-refractivity contribution in [3.05, 3.63) is 105 Å². The number of hydrogen-bond acceptors (Lipinski definition) is 2. The Morgan fingerprint density at radius 2 is 1.68 bits per heavy atom. The Morgan fingerprint density at radius 1 is 0.971 bits per heavy atom. The van der Waals surface area contributed by atoms with Crippen LogP contribution in [0.1, 0.15) is 36.5 Å². The van der Waals surface area contributed by atoms with Gasteiger partial charge in [-0.2, -0.15) is 0 Å². The van der Waals surface area contributed by atoms with Crippen LogP contribution in [0.4, 0.5) is 4.39 Å². The fourth-order valence-electron chi connectivity index (χ4n) is 3.66. The number of halogens is 3. The van der Waals surface area contributed by atoms with E-state index in [9.17, 15) is 14.0 Å². The van der Waals surface area contributed by atoms with Crippen molar-refractivity contribution < 1.29 is 14.0 Å². The van der Waals surface area contributed by atoms with Gasteiger partial charge in [0.1, 0.15) is 11.9 Å². The predicted octanol–water partition coefficient (Wildman–Crippen LogP) is 6.19. The SMILES string of the molecule is CCCC(=O)N(Cc1ccc(F)cc1)[C@@H](Cc1ccccc1)C(=O)NCc1ccc(Cl)cc1Cl. The van der Waals surface area contributed by atoms with Gasteiger partial charge in [0.2, 0.25) is 11.8 Å². The maximum atomic E-state index is 13.5. The molecular weight excluding hydrogens is 474 g/mol. The molecule has 0 radical (unpaired) electrons. The molecule has 0 saturated heterocycles. The fraction of sp³-hybridized carbons (Fsp3) is 0.259. The van der Waals surface area contributed by atoms with Crippen molar-refractivity contribution in [2.75, 3.05) is 0 Å². The molecule has 0 bridgehead atoms. The number of benzene rings is 3. The molecule has 0 aromatic heterocycles. The van der Waals surface area contributed by atoms with E-state index in [1.54, 1.807) is 35.2 Å². The predicted molar refractivity (Wildman–Crippen MR) is 134 cm³/mol. The second kappa shape index (κ2) is 12.5. The molecule has 2 amide bonds. The highest BCUT2D eigenvalue weighted by atomic mass is 35.5. The van der Waals surface area contributed by atoms with Gasteiger partial charge >= 0.3 is 0 Å². The highest BCUT2D eigenvalue weighted by molar-refractivity contribution is 6.35. The van der Waals surface area contributed by atoms with Gasteiger partial charge in [-0.25, -0.2) is 4.39 Å². The summed E-state index contributed by atoms with van der Waals surface area (Å²) in [7, 11) is 0. The van der Waals surface area contributed by atoms with Crippen molar-refractivity contribution in [3.63, 3.8) is 0 Å². The highest BCUT2D eigenvalue weighted by Crippen LogP contribution is 2.21. The van der Waals surface area contributed by atoms with E-state index in [-0.39, 0.29) is 30.7 Å². The molecule has 34 heavy (non-hydrogen) atoms. The Bertz CT molecular complexity index is 1110. The molecule has 3 aromatic carbocycles. The lowest BCUT2D eigenvalue weighted by atomic mass is 10.0. The number of nitrogens with one attached hydrogen (secondary N) is 1. The molecule has 1 N–H and O–H groups in total. The lowest BCUT2D eigenvalue weighted by Gasteiger charge is -2.31. The van der Waals surface area contributed by atoms with Crippen LogP contribution >= 0.6 is 23.2 Å². The third-order valence-corrected chi connectivity index (χ3v) is 6.06. The van der Waals surface area contributed by atoms with Crippen molar-refractivity contribution in [3.8, 4) is 0 Å². The van der Waals surface area contributed by atoms with E-state index >= 15 is 0 Å². The summed E-state index contributed by atoms with van der Waals surface area (Å²) in [5.74, 6) is -0.775. The summed E-state index contributed by atoms with van der Waals surface area (Å²) in [5.41, 5.74) is 2.40. The van der Waals surface area contributed by atoms with E-state index < -0.39 is 6.04 Å². The summed E-state index contributed by atoms with van der Waals surface area (Å²) < 4.78 is 13.4. The molecule has 0 aliphatic carbocycles. The monoisotopic (exact) mass is 500 g/mol. The molecule has 3 rings (SSSR count). The molecule has 0 aliphatic heterocycles. The zero-order valence-corrected chi connectivity index (χ0v) is 20.5. The lowest BCUT2D eigenvalue weighted by Crippen LogP contribution is -2.50. The normalized spacial score (nSPS) is 11.6. The van der Waals surface area contributed by atoms with Crippen LogP contribution in [0, 0.1) is 5.82 Å². The van der Waals surface area contributed by atoms with Crippen LogP contribution in [0.15, 0.2) is 72.8 Å².